The Kier molecular flexibility index (Phi) is 2.76. The lowest BCUT2D eigenvalue weighted by molar-refractivity contribution is 0.0789. The standard InChI is InChI=1S/C11H11NOS/c1-8-7-14-11(13-8)10-4-2-9(6-12)3-5-10/h2-5,8,11H,7H2,1H3/t8-,11-/m0/s1. The van der Waals surface area contributed by atoms with Crippen LogP contribution in [0.5, 0.6) is 0 Å². The summed E-state index contributed by atoms with van der Waals surface area (Å²) in [6.07, 6.45) is 0.334. The van der Waals surface area contributed by atoms with Crippen molar-refractivity contribution in [2.45, 2.75) is 18.5 Å². The largest absolute Gasteiger partial charge is 0.359 e. The van der Waals surface area contributed by atoms with E-state index in [1.807, 2.05) is 36.0 Å². The van der Waals surface area contributed by atoms with Crippen LogP contribution in [0.15, 0.2) is 24.3 Å². The average molecular weight is 205 g/mol. The summed E-state index contributed by atoms with van der Waals surface area (Å²) in [4.78, 5) is 0. The van der Waals surface area contributed by atoms with Crippen molar-refractivity contribution in [3.8, 4) is 6.07 Å². The Labute approximate surface area is 87.9 Å². The monoisotopic (exact) mass is 205 g/mol. The summed E-state index contributed by atoms with van der Waals surface area (Å²) in [5.41, 5.74) is 2.00. The van der Waals surface area contributed by atoms with Gasteiger partial charge in [0.1, 0.15) is 5.44 Å². The Hall–Kier alpha value is -0.980. The highest BCUT2D eigenvalue weighted by Gasteiger charge is 2.23. The van der Waals surface area contributed by atoms with E-state index in [-0.39, 0.29) is 5.44 Å². The van der Waals surface area contributed by atoms with E-state index in [1.165, 1.54) is 0 Å². The topological polar surface area (TPSA) is 33.0 Å². The first kappa shape index (κ1) is 9.57. The maximum absolute atomic E-state index is 8.65. The molecule has 14 heavy (non-hydrogen) atoms. The lowest BCUT2D eigenvalue weighted by Crippen LogP contribution is -2.02. The van der Waals surface area contributed by atoms with Crippen LogP contribution in [0, 0.1) is 11.3 Å². The van der Waals surface area contributed by atoms with E-state index in [4.69, 9.17) is 10.00 Å². The zero-order valence-corrected chi connectivity index (χ0v) is 8.75. The van der Waals surface area contributed by atoms with Crippen LogP contribution >= 0.6 is 11.8 Å². The van der Waals surface area contributed by atoms with Crippen LogP contribution in [-0.4, -0.2) is 11.9 Å². The molecule has 0 unspecified atom stereocenters. The van der Waals surface area contributed by atoms with Crippen molar-refractivity contribution in [2.24, 2.45) is 0 Å². The van der Waals surface area contributed by atoms with Gasteiger partial charge in [0.2, 0.25) is 0 Å². The van der Waals surface area contributed by atoms with Gasteiger partial charge in [0.25, 0.3) is 0 Å². The van der Waals surface area contributed by atoms with Crippen LogP contribution in [0.2, 0.25) is 0 Å². The van der Waals surface area contributed by atoms with Gasteiger partial charge in [-0.15, -0.1) is 11.8 Å². The van der Waals surface area contributed by atoms with Crippen LogP contribution in [0.3, 0.4) is 0 Å². The molecule has 1 heterocycles. The molecule has 0 spiro atoms. The molecule has 0 N–H and O–H groups in total. The molecule has 0 bridgehead atoms. The van der Waals surface area contributed by atoms with Gasteiger partial charge in [0, 0.05) is 5.75 Å². The Balaban J connectivity index is 2.14. The molecule has 0 aliphatic carbocycles. The minimum absolute atomic E-state index is 0.151. The fourth-order valence-electron chi connectivity index (χ4n) is 1.40. The van der Waals surface area contributed by atoms with E-state index < -0.39 is 0 Å². The van der Waals surface area contributed by atoms with E-state index >= 15 is 0 Å². The normalized spacial score (nSPS) is 26.0. The Morgan fingerprint density at radius 3 is 2.64 bits per heavy atom. The third-order valence-corrected chi connectivity index (χ3v) is 3.50. The van der Waals surface area contributed by atoms with Crippen molar-refractivity contribution in [1.82, 2.24) is 0 Å². The molecule has 2 nitrogen and oxygen atoms in total. The highest BCUT2D eigenvalue weighted by atomic mass is 32.2. The molecule has 0 aromatic heterocycles. The first-order chi connectivity index (χ1) is 6.79. The summed E-state index contributed by atoms with van der Waals surface area (Å²) in [6.45, 7) is 2.08. The summed E-state index contributed by atoms with van der Waals surface area (Å²) in [5, 5.41) is 8.65. The quantitative estimate of drug-likeness (QED) is 0.706. The molecule has 1 saturated heterocycles. The smallest absolute Gasteiger partial charge is 0.128 e. The van der Waals surface area contributed by atoms with Gasteiger partial charge in [-0.25, -0.2) is 0 Å². The molecule has 1 aliphatic rings. The summed E-state index contributed by atoms with van der Waals surface area (Å²) in [6, 6.07) is 9.71. The molecule has 72 valence electrons. The molecule has 2 atom stereocenters. The summed E-state index contributed by atoms with van der Waals surface area (Å²) >= 11 is 1.81. The number of nitriles is 1. The van der Waals surface area contributed by atoms with Crippen LogP contribution in [0.4, 0.5) is 0 Å². The van der Waals surface area contributed by atoms with Crippen molar-refractivity contribution in [3.63, 3.8) is 0 Å². The van der Waals surface area contributed by atoms with Gasteiger partial charge in [0.05, 0.1) is 17.7 Å². The van der Waals surface area contributed by atoms with Crippen molar-refractivity contribution < 1.29 is 4.74 Å². The zero-order valence-electron chi connectivity index (χ0n) is 7.93. The van der Waals surface area contributed by atoms with E-state index in [0.717, 1.165) is 11.3 Å². The van der Waals surface area contributed by atoms with Gasteiger partial charge in [0.15, 0.2) is 0 Å². The first-order valence-corrected chi connectivity index (χ1v) is 5.61. The van der Waals surface area contributed by atoms with E-state index in [1.54, 1.807) is 0 Å². The van der Waals surface area contributed by atoms with Crippen molar-refractivity contribution in [3.05, 3.63) is 35.4 Å². The lowest BCUT2D eigenvalue weighted by atomic mass is 10.1. The number of thioether (sulfide) groups is 1. The van der Waals surface area contributed by atoms with Crippen molar-refractivity contribution in [2.75, 3.05) is 5.75 Å². The molecular formula is C11H11NOS. The molecule has 0 radical (unpaired) electrons. The maximum atomic E-state index is 8.65. The molecule has 1 aromatic rings. The van der Waals surface area contributed by atoms with Crippen molar-refractivity contribution in [1.29, 1.82) is 5.26 Å². The highest BCUT2D eigenvalue weighted by Crippen LogP contribution is 2.37. The third-order valence-electron chi connectivity index (χ3n) is 2.15. The molecule has 2 rings (SSSR count). The van der Waals surface area contributed by atoms with E-state index in [9.17, 15) is 0 Å². The van der Waals surface area contributed by atoms with Crippen LogP contribution in [0.1, 0.15) is 23.5 Å². The summed E-state index contributed by atoms with van der Waals surface area (Å²) in [7, 11) is 0. The maximum Gasteiger partial charge on any atom is 0.128 e. The molecule has 1 aliphatic heterocycles. The minimum Gasteiger partial charge on any atom is -0.359 e. The molecule has 1 aromatic carbocycles. The molecule has 0 amide bonds. The number of nitrogens with zero attached hydrogens (tertiary/aromatic N) is 1. The molecule has 1 fully saturated rings. The molecular weight excluding hydrogens is 194 g/mol. The Bertz CT molecular complexity index is 355. The number of hydrogen-bond acceptors (Lipinski definition) is 3. The van der Waals surface area contributed by atoms with Crippen molar-refractivity contribution >= 4 is 11.8 Å². The van der Waals surface area contributed by atoms with Crippen LogP contribution in [-0.2, 0) is 4.74 Å². The van der Waals surface area contributed by atoms with Gasteiger partial charge in [-0.2, -0.15) is 5.26 Å². The van der Waals surface area contributed by atoms with Gasteiger partial charge in [-0.05, 0) is 24.6 Å². The predicted octanol–water partition coefficient (Wildman–Crippen LogP) is 2.71. The second-order valence-electron chi connectivity index (χ2n) is 3.35. The highest BCUT2D eigenvalue weighted by molar-refractivity contribution is 7.99. The fourth-order valence-corrected chi connectivity index (χ4v) is 2.54. The summed E-state index contributed by atoms with van der Waals surface area (Å²) in [5.74, 6) is 1.05. The average Bonchev–Trinajstić information content (AvgIpc) is 2.65. The summed E-state index contributed by atoms with van der Waals surface area (Å²) < 4.78 is 5.70. The SMILES string of the molecule is C[C@H]1CS[C@@H](c2ccc(C#N)cc2)O1. The predicted molar refractivity (Wildman–Crippen MR) is 56.9 cm³/mol. The minimum atomic E-state index is 0.151. The van der Waals surface area contributed by atoms with Crippen LogP contribution in [0.25, 0.3) is 0 Å². The van der Waals surface area contributed by atoms with Gasteiger partial charge >= 0.3 is 0 Å². The van der Waals surface area contributed by atoms with Crippen LogP contribution < -0.4 is 0 Å². The molecule has 0 saturated carbocycles. The second kappa shape index (κ2) is 4.04. The van der Waals surface area contributed by atoms with E-state index in [0.29, 0.717) is 11.7 Å². The number of ether oxygens (including phenoxy) is 1. The van der Waals surface area contributed by atoms with Gasteiger partial charge in [-0.1, -0.05) is 12.1 Å². The molecule has 3 heteroatoms. The number of rotatable bonds is 1. The first-order valence-electron chi connectivity index (χ1n) is 4.57. The third kappa shape index (κ3) is 1.92. The fraction of sp³-hybridized carbons (Fsp3) is 0.364. The second-order valence-corrected chi connectivity index (χ2v) is 4.44. The Morgan fingerprint density at radius 1 is 1.43 bits per heavy atom. The zero-order chi connectivity index (χ0) is 9.97. The van der Waals surface area contributed by atoms with Gasteiger partial charge in [-0.3, -0.25) is 0 Å². The van der Waals surface area contributed by atoms with E-state index in [2.05, 4.69) is 13.0 Å². The lowest BCUT2D eigenvalue weighted by Gasteiger charge is -2.09. The van der Waals surface area contributed by atoms with Gasteiger partial charge < -0.3 is 4.74 Å². The Morgan fingerprint density at radius 2 is 2.14 bits per heavy atom. The number of hydrogen-bond donors (Lipinski definition) is 0. The number of benzene rings is 1.